The summed E-state index contributed by atoms with van der Waals surface area (Å²) in [5.74, 6) is -0.681. The zero-order chi connectivity index (χ0) is 12.3. The topological polar surface area (TPSA) is 75.3 Å². The Labute approximate surface area is 114 Å². The van der Waals surface area contributed by atoms with Gasteiger partial charge in [0.25, 0.3) is 0 Å². The van der Waals surface area contributed by atoms with E-state index in [-0.39, 0.29) is 35.4 Å². The van der Waals surface area contributed by atoms with E-state index < -0.39 is 9.84 Å². The van der Waals surface area contributed by atoms with E-state index in [0.29, 0.717) is 0 Å². The van der Waals surface area contributed by atoms with Crippen LogP contribution in [0, 0.1) is 0 Å². The van der Waals surface area contributed by atoms with Gasteiger partial charge in [-0.3, -0.25) is 4.79 Å². The minimum Gasteiger partial charge on any atom is -0.351 e. The Bertz CT molecular complexity index is 374. The molecule has 0 aromatic rings. The van der Waals surface area contributed by atoms with Crippen molar-refractivity contribution in [3.8, 4) is 0 Å². The van der Waals surface area contributed by atoms with Crippen molar-refractivity contribution in [3.63, 3.8) is 0 Å². The van der Waals surface area contributed by atoms with Crippen molar-refractivity contribution in [1.29, 1.82) is 0 Å². The molecule has 0 spiro atoms. The van der Waals surface area contributed by atoms with Crippen LogP contribution in [0.3, 0.4) is 0 Å². The van der Waals surface area contributed by atoms with Gasteiger partial charge in [-0.25, -0.2) is 8.42 Å². The third-order valence-electron chi connectivity index (χ3n) is 3.57. The summed E-state index contributed by atoms with van der Waals surface area (Å²) in [4.78, 5) is 11.7. The number of hydrogen-bond acceptors (Lipinski definition) is 4. The smallest absolute Gasteiger partial charge is 0.235 e. The lowest BCUT2D eigenvalue weighted by molar-refractivity contribution is -0.119. The van der Waals surface area contributed by atoms with Gasteiger partial charge in [0.05, 0.1) is 5.25 Å². The van der Waals surface area contributed by atoms with Gasteiger partial charge in [0.2, 0.25) is 5.91 Å². The number of hydrogen-bond donors (Lipinski definition) is 2. The highest BCUT2D eigenvalue weighted by Gasteiger charge is 2.31. The van der Waals surface area contributed by atoms with Crippen LogP contribution in [0.4, 0.5) is 0 Å². The molecule has 1 aliphatic heterocycles. The Morgan fingerprint density at radius 2 is 1.89 bits per heavy atom. The molecular formula is C11H21ClN2O3S. The molecule has 2 aliphatic rings. The van der Waals surface area contributed by atoms with E-state index >= 15 is 0 Å². The number of sulfone groups is 1. The van der Waals surface area contributed by atoms with E-state index in [1.165, 1.54) is 0 Å². The van der Waals surface area contributed by atoms with E-state index in [0.717, 1.165) is 45.2 Å². The summed E-state index contributed by atoms with van der Waals surface area (Å²) in [6.45, 7) is 1.63. The molecule has 1 amide bonds. The van der Waals surface area contributed by atoms with Gasteiger partial charge < -0.3 is 10.6 Å². The summed E-state index contributed by atoms with van der Waals surface area (Å²) in [6.07, 6.45) is 4.27. The molecule has 2 N–H and O–H groups in total. The van der Waals surface area contributed by atoms with Crippen LogP contribution >= 0.6 is 12.4 Å². The highest BCUT2D eigenvalue weighted by atomic mass is 35.5. The van der Waals surface area contributed by atoms with Gasteiger partial charge in [-0.05, 0) is 25.8 Å². The standard InChI is InChI=1S/C11H20N2O3S.ClH/c14-11(13-9-5-6-12-7-9)8-17(15,16)10-3-1-2-4-10;/h9-10,12H,1-8H2,(H,13,14);1H. The number of carbonyl (C=O) groups excluding carboxylic acids is 1. The van der Waals surface area contributed by atoms with E-state index in [2.05, 4.69) is 10.6 Å². The summed E-state index contributed by atoms with van der Waals surface area (Å²) in [7, 11) is -3.23. The largest absolute Gasteiger partial charge is 0.351 e. The molecule has 0 aromatic carbocycles. The van der Waals surface area contributed by atoms with Gasteiger partial charge in [-0.2, -0.15) is 0 Å². The maximum Gasteiger partial charge on any atom is 0.235 e. The van der Waals surface area contributed by atoms with Gasteiger partial charge in [-0.15, -0.1) is 12.4 Å². The van der Waals surface area contributed by atoms with Crippen LogP contribution in [-0.4, -0.2) is 44.5 Å². The van der Waals surface area contributed by atoms with Gasteiger partial charge >= 0.3 is 0 Å². The molecule has 1 unspecified atom stereocenters. The molecule has 1 saturated carbocycles. The maximum atomic E-state index is 11.9. The highest BCUT2D eigenvalue weighted by molar-refractivity contribution is 7.92. The Morgan fingerprint density at radius 3 is 2.44 bits per heavy atom. The van der Waals surface area contributed by atoms with Crippen molar-refractivity contribution in [1.82, 2.24) is 10.6 Å². The molecule has 1 saturated heterocycles. The van der Waals surface area contributed by atoms with Crippen molar-refractivity contribution >= 4 is 28.2 Å². The first kappa shape index (κ1) is 15.7. The Morgan fingerprint density at radius 1 is 1.22 bits per heavy atom. The summed E-state index contributed by atoms with van der Waals surface area (Å²) in [5, 5.41) is 5.63. The lowest BCUT2D eigenvalue weighted by Crippen LogP contribution is -2.41. The number of carbonyl (C=O) groups is 1. The van der Waals surface area contributed by atoms with E-state index in [1.807, 2.05) is 0 Å². The lowest BCUT2D eigenvalue weighted by atomic mass is 10.3. The third-order valence-corrected chi connectivity index (χ3v) is 5.72. The molecule has 1 heterocycles. The molecule has 7 heteroatoms. The first-order valence-electron chi connectivity index (χ1n) is 6.29. The van der Waals surface area contributed by atoms with Crippen LogP contribution < -0.4 is 10.6 Å². The van der Waals surface area contributed by atoms with Crippen LogP contribution in [0.2, 0.25) is 0 Å². The zero-order valence-corrected chi connectivity index (χ0v) is 12.0. The van der Waals surface area contributed by atoms with Crippen LogP contribution in [0.25, 0.3) is 0 Å². The molecule has 0 aromatic heterocycles. The van der Waals surface area contributed by atoms with Gasteiger partial charge in [-0.1, -0.05) is 12.8 Å². The monoisotopic (exact) mass is 296 g/mol. The second-order valence-corrected chi connectivity index (χ2v) is 7.25. The molecule has 1 aliphatic carbocycles. The van der Waals surface area contributed by atoms with Gasteiger partial charge in [0, 0.05) is 12.6 Å². The van der Waals surface area contributed by atoms with Crippen LogP contribution in [0.1, 0.15) is 32.1 Å². The van der Waals surface area contributed by atoms with Crippen LogP contribution in [0.5, 0.6) is 0 Å². The number of nitrogens with one attached hydrogen (secondary N) is 2. The fourth-order valence-electron chi connectivity index (χ4n) is 2.60. The van der Waals surface area contributed by atoms with Crippen molar-refractivity contribution in [2.24, 2.45) is 0 Å². The summed E-state index contributed by atoms with van der Waals surface area (Å²) in [6, 6.07) is 0.0984. The second-order valence-electron chi connectivity index (χ2n) is 4.97. The molecule has 18 heavy (non-hydrogen) atoms. The van der Waals surface area contributed by atoms with Crippen molar-refractivity contribution in [2.75, 3.05) is 18.8 Å². The Hall–Kier alpha value is -0.330. The molecule has 106 valence electrons. The number of amides is 1. The van der Waals surface area contributed by atoms with Gasteiger partial charge in [0.15, 0.2) is 9.84 Å². The van der Waals surface area contributed by atoms with Crippen molar-refractivity contribution < 1.29 is 13.2 Å². The fourth-order valence-corrected chi connectivity index (χ4v) is 4.33. The van der Waals surface area contributed by atoms with Crippen LogP contribution in [0.15, 0.2) is 0 Å². The zero-order valence-electron chi connectivity index (χ0n) is 10.4. The van der Waals surface area contributed by atoms with Crippen LogP contribution in [-0.2, 0) is 14.6 Å². The average Bonchev–Trinajstić information content (AvgIpc) is 2.87. The number of halogens is 1. The molecule has 0 bridgehead atoms. The van der Waals surface area contributed by atoms with E-state index in [9.17, 15) is 13.2 Å². The quantitative estimate of drug-likeness (QED) is 0.779. The first-order valence-corrected chi connectivity index (χ1v) is 8.01. The molecule has 2 rings (SSSR count). The highest BCUT2D eigenvalue weighted by Crippen LogP contribution is 2.25. The molecule has 2 fully saturated rings. The average molecular weight is 297 g/mol. The number of rotatable bonds is 4. The predicted octanol–water partition coefficient (Wildman–Crippen LogP) is 0.244. The minimum atomic E-state index is -3.23. The second kappa shape index (κ2) is 6.73. The maximum absolute atomic E-state index is 11.9. The predicted molar refractivity (Wildman–Crippen MR) is 72.7 cm³/mol. The molecule has 0 radical (unpaired) electrons. The van der Waals surface area contributed by atoms with Crippen molar-refractivity contribution in [3.05, 3.63) is 0 Å². The van der Waals surface area contributed by atoms with E-state index in [1.54, 1.807) is 0 Å². The van der Waals surface area contributed by atoms with Crippen molar-refractivity contribution in [2.45, 2.75) is 43.4 Å². The van der Waals surface area contributed by atoms with E-state index in [4.69, 9.17) is 0 Å². The SMILES string of the molecule is Cl.O=C(CS(=O)(=O)C1CCCC1)NC1CCNC1. The minimum absolute atomic E-state index is 0. The molecule has 5 nitrogen and oxygen atoms in total. The molecule has 1 atom stereocenters. The Kier molecular flexibility index (Phi) is 5.88. The van der Waals surface area contributed by atoms with Gasteiger partial charge in [0.1, 0.15) is 5.75 Å². The molecular weight excluding hydrogens is 276 g/mol. The third kappa shape index (κ3) is 4.10. The summed E-state index contributed by atoms with van der Waals surface area (Å²) in [5.41, 5.74) is 0. The normalized spacial score (nSPS) is 24.8. The summed E-state index contributed by atoms with van der Waals surface area (Å²) >= 11 is 0. The summed E-state index contributed by atoms with van der Waals surface area (Å²) < 4.78 is 23.9. The first-order chi connectivity index (χ1) is 8.08. The Balaban J connectivity index is 0.00000162. The lowest BCUT2D eigenvalue weighted by Gasteiger charge is -2.14. The fraction of sp³-hybridized carbons (Fsp3) is 0.909.